The van der Waals surface area contributed by atoms with Gasteiger partial charge in [-0.15, -0.1) is 0 Å². The Morgan fingerprint density at radius 2 is 1.80 bits per heavy atom. The number of H-pyrrole nitrogens is 1. The van der Waals surface area contributed by atoms with E-state index in [9.17, 15) is 4.79 Å². The van der Waals surface area contributed by atoms with Crippen molar-refractivity contribution in [2.24, 2.45) is 0 Å². The fourth-order valence-electron chi connectivity index (χ4n) is 1.78. The first kappa shape index (κ1) is 12.1. The molecule has 1 rings (SSSR count). The average molecular weight is 211 g/mol. The lowest BCUT2D eigenvalue weighted by Crippen LogP contribution is -2.05. The molecular formula is C12H21NO2. The number of nitrogens with one attached hydrogen (secondary N) is 1. The molecule has 0 atom stereocenters. The van der Waals surface area contributed by atoms with Crippen LogP contribution in [0, 0.1) is 6.92 Å². The molecule has 1 aromatic rings. The van der Waals surface area contributed by atoms with Crippen LogP contribution in [0.3, 0.4) is 0 Å². The fourth-order valence-corrected chi connectivity index (χ4v) is 1.78. The third-order valence-electron chi connectivity index (χ3n) is 2.78. The Labute approximate surface area is 90.8 Å². The van der Waals surface area contributed by atoms with Gasteiger partial charge in [0.05, 0.1) is 5.56 Å². The van der Waals surface area contributed by atoms with E-state index < -0.39 is 0 Å². The molecule has 0 radical (unpaired) electrons. The summed E-state index contributed by atoms with van der Waals surface area (Å²) in [5, 5.41) is 2.37. The molecular weight excluding hydrogens is 190 g/mol. The van der Waals surface area contributed by atoms with Crippen molar-refractivity contribution >= 4 is 0 Å². The van der Waals surface area contributed by atoms with Crippen LogP contribution in [0.4, 0.5) is 0 Å². The standard InChI is InChI=1S/C12H21NO2/c1-3-4-5-6-7-8-9-11-10(2)15-13-12(11)14/h3-9H2,1-2H3,(H,13,14). The summed E-state index contributed by atoms with van der Waals surface area (Å²) in [5.74, 6) is 0.744. The summed E-state index contributed by atoms with van der Waals surface area (Å²) in [5.41, 5.74) is 0.770. The van der Waals surface area contributed by atoms with Crippen LogP contribution in [0.5, 0.6) is 0 Å². The molecule has 0 amide bonds. The smallest absolute Gasteiger partial charge is 0.283 e. The van der Waals surface area contributed by atoms with E-state index in [1.807, 2.05) is 6.92 Å². The van der Waals surface area contributed by atoms with Gasteiger partial charge in [0.15, 0.2) is 0 Å². The van der Waals surface area contributed by atoms with Crippen LogP contribution >= 0.6 is 0 Å². The summed E-state index contributed by atoms with van der Waals surface area (Å²) >= 11 is 0. The predicted octanol–water partition coefficient (Wildman–Crippen LogP) is 3.18. The normalized spacial score (nSPS) is 10.8. The molecule has 0 saturated heterocycles. The molecule has 0 fully saturated rings. The van der Waals surface area contributed by atoms with Crippen molar-refractivity contribution in [3.8, 4) is 0 Å². The molecule has 0 aromatic carbocycles. The highest BCUT2D eigenvalue weighted by Crippen LogP contribution is 2.09. The number of hydrogen-bond acceptors (Lipinski definition) is 2. The molecule has 15 heavy (non-hydrogen) atoms. The molecule has 0 unspecified atom stereocenters. The van der Waals surface area contributed by atoms with Crippen LogP contribution in [-0.4, -0.2) is 5.16 Å². The van der Waals surface area contributed by atoms with Crippen LogP contribution in [0.25, 0.3) is 0 Å². The Hall–Kier alpha value is -0.990. The van der Waals surface area contributed by atoms with Crippen molar-refractivity contribution in [1.29, 1.82) is 0 Å². The Bertz CT molecular complexity index is 325. The number of aromatic nitrogens is 1. The Morgan fingerprint density at radius 1 is 1.13 bits per heavy atom. The molecule has 3 nitrogen and oxygen atoms in total. The number of hydrogen-bond donors (Lipinski definition) is 1. The number of aromatic amines is 1. The predicted molar refractivity (Wildman–Crippen MR) is 61.1 cm³/mol. The van der Waals surface area contributed by atoms with Gasteiger partial charge in [-0.3, -0.25) is 4.79 Å². The fraction of sp³-hybridized carbons (Fsp3) is 0.750. The molecule has 0 aliphatic carbocycles. The lowest BCUT2D eigenvalue weighted by molar-refractivity contribution is 0.391. The monoisotopic (exact) mass is 211 g/mol. The van der Waals surface area contributed by atoms with Crippen LogP contribution < -0.4 is 5.56 Å². The summed E-state index contributed by atoms with van der Waals surface area (Å²) in [6.45, 7) is 4.05. The first-order chi connectivity index (χ1) is 7.25. The van der Waals surface area contributed by atoms with Gasteiger partial charge in [0, 0.05) is 0 Å². The molecule has 0 bridgehead atoms. The Morgan fingerprint density at radius 3 is 2.40 bits per heavy atom. The van der Waals surface area contributed by atoms with Gasteiger partial charge >= 0.3 is 0 Å². The van der Waals surface area contributed by atoms with E-state index in [0.29, 0.717) is 0 Å². The topological polar surface area (TPSA) is 46.0 Å². The SMILES string of the molecule is CCCCCCCCc1c(C)o[nH]c1=O. The molecule has 0 aliphatic heterocycles. The highest BCUT2D eigenvalue weighted by molar-refractivity contribution is 5.11. The van der Waals surface area contributed by atoms with Gasteiger partial charge in [0.25, 0.3) is 5.56 Å². The minimum absolute atomic E-state index is 0.0546. The number of aryl methyl sites for hydroxylation is 1. The maximum Gasteiger partial charge on any atom is 0.283 e. The van der Waals surface area contributed by atoms with E-state index in [1.54, 1.807) is 0 Å². The van der Waals surface area contributed by atoms with Gasteiger partial charge in [0.2, 0.25) is 0 Å². The first-order valence-corrected chi connectivity index (χ1v) is 5.92. The van der Waals surface area contributed by atoms with Crippen molar-refractivity contribution in [2.75, 3.05) is 0 Å². The molecule has 0 saturated carbocycles. The summed E-state index contributed by atoms with van der Waals surface area (Å²) in [7, 11) is 0. The quantitative estimate of drug-likeness (QED) is 0.704. The van der Waals surface area contributed by atoms with Crippen molar-refractivity contribution in [1.82, 2.24) is 5.16 Å². The first-order valence-electron chi connectivity index (χ1n) is 5.92. The second kappa shape index (κ2) is 6.49. The largest absolute Gasteiger partial charge is 0.384 e. The summed E-state index contributed by atoms with van der Waals surface area (Å²) in [4.78, 5) is 11.3. The molecule has 86 valence electrons. The zero-order valence-corrected chi connectivity index (χ0v) is 9.77. The van der Waals surface area contributed by atoms with Crippen molar-refractivity contribution in [3.63, 3.8) is 0 Å². The maximum atomic E-state index is 11.3. The van der Waals surface area contributed by atoms with E-state index in [1.165, 1.54) is 32.1 Å². The second-order valence-electron chi connectivity index (χ2n) is 4.09. The number of unbranched alkanes of at least 4 members (excludes halogenated alkanes) is 5. The van der Waals surface area contributed by atoms with Gasteiger partial charge < -0.3 is 4.52 Å². The Balaban J connectivity index is 2.18. The van der Waals surface area contributed by atoms with Crippen molar-refractivity contribution in [3.05, 3.63) is 21.7 Å². The van der Waals surface area contributed by atoms with Crippen LogP contribution in [-0.2, 0) is 6.42 Å². The molecule has 1 N–H and O–H groups in total. The van der Waals surface area contributed by atoms with Crippen molar-refractivity contribution < 1.29 is 4.52 Å². The third-order valence-corrected chi connectivity index (χ3v) is 2.78. The maximum absolute atomic E-state index is 11.3. The highest BCUT2D eigenvalue weighted by Gasteiger charge is 2.06. The average Bonchev–Trinajstić information content (AvgIpc) is 2.54. The lowest BCUT2D eigenvalue weighted by Gasteiger charge is -1.99. The van der Waals surface area contributed by atoms with Gasteiger partial charge in [-0.2, -0.15) is 5.16 Å². The van der Waals surface area contributed by atoms with E-state index in [2.05, 4.69) is 12.1 Å². The zero-order valence-electron chi connectivity index (χ0n) is 9.77. The second-order valence-corrected chi connectivity index (χ2v) is 4.09. The van der Waals surface area contributed by atoms with Crippen LogP contribution in [0.1, 0.15) is 56.8 Å². The molecule has 3 heteroatoms. The van der Waals surface area contributed by atoms with Gasteiger partial charge in [-0.25, -0.2) is 0 Å². The molecule has 1 aromatic heterocycles. The molecule has 0 spiro atoms. The van der Waals surface area contributed by atoms with E-state index in [4.69, 9.17) is 4.52 Å². The van der Waals surface area contributed by atoms with E-state index in [-0.39, 0.29) is 5.56 Å². The summed E-state index contributed by atoms with van der Waals surface area (Å²) in [6.07, 6.45) is 8.35. The minimum atomic E-state index is -0.0546. The molecule has 0 aliphatic rings. The summed E-state index contributed by atoms with van der Waals surface area (Å²) < 4.78 is 4.95. The van der Waals surface area contributed by atoms with Gasteiger partial charge in [-0.1, -0.05) is 39.0 Å². The van der Waals surface area contributed by atoms with Crippen molar-refractivity contribution in [2.45, 2.75) is 58.8 Å². The highest BCUT2D eigenvalue weighted by atomic mass is 16.5. The molecule has 1 heterocycles. The van der Waals surface area contributed by atoms with Gasteiger partial charge in [-0.05, 0) is 19.8 Å². The Kier molecular flexibility index (Phi) is 5.22. The lowest BCUT2D eigenvalue weighted by atomic mass is 10.1. The summed E-state index contributed by atoms with van der Waals surface area (Å²) in [6, 6.07) is 0. The van der Waals surface area contributed by atoms with E-state index in [0.717, 1.165) is 24.2 Å². The van der Waals surface area contributed by atoms with Crippen LogP contribution in [0.15, 0.2) is 9.32 Å². The minimum Gasteiger partial charge on any atom is -0.384 e. The number of rotatable bonds is 7. The van der Waals surface area contributed by atoms with Gasteiger partial charge in [0.1, 0.15) is 5.76 Å². The third kappa shape index (κ3) is 3.94. The zero-order chi connectivity index (χ0) is 11.1. The van der Waals surface area contributed by atoms with E-state index >= 15 is 0 Å². The van der Waals surface area contributed by atoms with Crippen LogP contribution in [0.2, 0.25) is 0 Å².